The molecule has 1 aromatic rings. The molecule has 16 heavy (non-hydrogen) atoms. The van der Waals surface area contributed by atoms with Crippen molar-refractivity contribution >= 4 is 18.1 Å². The van der Waals surface area contributed by atoms with Crippen LogP contribution < -0.4 is 10.5 Å². The largest absolute Gasteiger partial charge is 0.497 e. The summed E-state index contributed by atoms with van der Waals surface area (Å²) >= 11 is 0. The van der Waals surface area contributed by atoms with Crippen LogP contribution in [0.15, 0.2) is 29.4 Å². The molecule has 0 aromatic heterocycles. The number of rotatable bonds is 3. The zero-order valence-electron chi connectivity index (χ0n) is 9.05. The summed E-state index contributed by atoms with van der Waals surface area (Å²) in [4.78, 5) is 5.16. The van der Waals surface area contributed by atoms with Crippen molar-refractivity contribution in [3.05, 3.63) is 29.8 Å². The third kappa shape index (κ3) is 2.65. The Morgan fingerprint density at radius 3 is 2.62 bits per heavy atom. The van der Waals surface area contributed by atoms with Gasteiger partial charge >= 0.3 is 0 Å². The molecule has 4 nitrogen and oxygen atoms in total. The first-order valence-electron chi connectivity index (χ1n) is 4.90. The van der Waals surface area contributed by atoms with E-state index >= 15 is 0 Å². The maximum atomic E-state index is 5.50. The number of hydrogen-bond donors (Lipinski definition) is 1. The highest BCUT2D eigenvalue weighted by molar-refractivity contribution is 6.01. The molecule has 0 amide bonds. The average Bonchev–Trinajstić information content (AvgIpc) is 2.78. The third-order valence-electron chi connectivity index (χ3n) is 2.42. The molecule has 1 aromatic carbocycles. The normalized spacial score (nSPS) is 18.4. The molecule has 1 heterocycles. The topological polar surface area (TPSA) is 56.8 Å². The lowest BCUT2D eigenvalue weighted by Crippen LogP contribution is -2.20. The number of methoxy groups -OCH3 is 1. The molecule has 0 saturated heterocycles. The second-order valence-electron chi connectivity index (χ2n) is 3.43. The fraction of sp³-hybridized carbons (Fsp3) is 0.364. The van der Waals surface area contributed by atoms with E-state index in [9.17, 15) is 0 Å². The average molecular weight is 243 g/mol. The van der Waals surface area contributed by atoms with Crippen molar-refractivity contribution in [1.29, 1.82) is 0 Å². The molecule has 0 aliphatic carbocycles. The Kier molecular flexibility index (Phi) is 4.58. The van der Waals surface area contributed by atoms with Crippen molar-refractivity contribution < 1.29 is 9.57 Å². The molecule has 2 rings (SSSR count). The highest BCUT2D eigenvalue weighted by atomic mass is 35.5. The Hall–Kier alpha value is -1.26. The van der Waals surface area contributed by atoms with Gasteiger partial charge in [0.05, 0.1) is 12.8 Å². The van der Waals surface area contributed by atoms with E-state index in [1.54, 1.807) is 7.11 Å². The predicted octanol–water partition coefficient (Wildman–Crippen LogP) is 1.57. The first-order valence-corrected chi connectivity index (χ1v) is 4.90. The molecule has 1 unspecified atom stereocenters. The minimum absolute atomic E-state index is 0. The van der Waals surface area contributed by atoms with E-state index in [1.807, 2.05) is 24.3 Å². The summed E-state index contributed by atoms with van der Waals surface area (Å²) in [5.74, 6) is 0.841. The Morgan fingerprint density at radius 1 is 1.44 bits per heavy atom. The van der Waals surface area contributed by atoms with Gasteiger partial charge in [-0.3, -0.25) is 0 Å². The van der Waals surface area contributed by atoms with Crippen molar-refractivity contribution in [2.45, 2.75) is 12.5 Å². The van der Waals surface area contributed by atoms with E-state index in [2.05, 4.69) is 5.16 Å². The molecule has 1 atom stereocenters. The van der Waals surface area contributed by atoms with E-state index in [1.165, 1.54) is 0 Å². The van der Waals surface area contributed by atoms with Gasteiger partial charge in [-0.1, -0.05) is 5.16 Å². The number of nitrogens with two attached hydrogens (primary N) is 1. The summed E-state index contributed by atoms with van der Waals surface area (Å²) in [5, 5.41) is 4.01. The SMILES string of the molecule is COc1ccc(C2=NOC(CN)C2)cc1.Cl. The highest BCUT2D eigenvalue weighted by Crippen LogP contribution is 2.18. The summed E-state index contributed by atoms with van der Waals surface area (Å²) < 4.78 is 5.08. The van der Waals surface area contributed by atoms with Crippen LogP contribution in [0.2, 0.25) is 0 Å². The minimum Gasteiger partial charge on any atom is -0.497 e. The lowest BCUT2D eigenvalue weighted by atomic mass is 10.1. The first-order chi connectivity index (χ1) is 7.33. The monoisotopic (exact) mass is 242 g/mol. The Balaban J connectivity index is 0.00000128. The lowest BCUT2D eigenvalue weighted by Gasteiger charge is -2.03. The zero-order valence-corrected chi connectivity index (χ0v) is 9.87. The van der Waals surface area contributed by atoms with E-state index in [0.717, 1.165) is 23.4 Å². The van der Waals surface area contributed by atoms with Gasteiger partial charge < -0.3 is 15.3 Å². The van der Waals surface area contributed by atoms with Crippen LogP contribution in [0.4, 0.5) is 0 Å². The number of hydrogen-bond acceptors (Lipinski definition) is 4. The molecule has 0 spiro atoms. The number of ether oxygens (including phenoxy) is 1. The van der Waals surface area contributed by atoms with Gasteiger partial charge in [-0.15, -0.1) is 12.4 Å². The van der Waals surface area contributed by atoms with Crippen LogP contribution in [0.25, 0.3) is 0 Å². The Labute approximate surface area is 101 Å². The van der Waals surface area contributed by atoms with E-state index in [-0.39, 0.29) is 18.5 Å². The van der Waals surface area contributed by atoms with Crippen LogP contribution in [0.3, 0.4) is 0 Å². The summed E-state index contributed by atoms with van der Waals surface area (Å²) in [6.45, 7) is 0.503. The third-order valence-corrected chi connectivity index (χ3v) is 2.42. The van der Waals surface area contributed by atoms with E-state index in [0.29, 0.717) is 6.54 Å². The number of oxime groups is 1. The summed E-state index contributed by atoms with van der Waals surface area (Å²) in [6.07, 6.45) is 0.810. The second-order valence-corrected chi connectivity index (χ2v) is 3.43. The molecule has 0 radical (unpaired) electrons. The maximum absolute atomic E-state index is 5.50. The minimum atomic E-state index is 0. The zero-order chi connectivity index (χ0) is 10.7. The van der Waals surface area contributed by atoms with Crippen LogP contribution in [-0.4, -0.2) is 25.5 Å². The van der Waals surface area contributed by atoms with Crippen molar-refractivity contribution in [2.75, 3.05) is 13.7 Å². The van der Waals surface area contributed by atoms with Gasteiger partial charge in [0.1, 0.15) is 11.9 Å². The highest BCUT2D eigenvalue weighted by Gasteiger charge is 2.20. The van der Waals surface area contributed by atoms with Gasteiger partial charge in [0, 0.05) is 13.0 Å². The molecule has 1 aliphatic rings. The molecule has 88 valence electrons. The standard InChI is InChI=1S/C11H14N2O2.ClH/c1-14-9-4-2-8(3-5-9)11-6-10(7-12)15-13-11;/h2-5,10H,6-7,12H2,1H3;1H. The van der Waals surface area contributed by atoms with Gasteiger partial charge in [-0.05, 0) is 29.8 Å². The van der Waals surface area contributed by atoms with Crippen LogP contribution >= 0.6 is 12.4 Å². The molecule has 0 fully saturated rings. The Morgan fingerprint density at radius 2 is 2.12 bits per heavy atom. The van der Waals surface area contributed by atoms with Crippen LogP contribution in [0.1, 0.15) is 12.0 Å². The number of halogens is 1. The second kappa shape index (κ2) is 5.72. The molecular weight excluding hydrogens is 228 g/mol. The van der Waals surface area contributed by atoms with E-state index in [4.69, 9.17) is 15.3 Å². The summed E-state index contributed by atoms with van der Waals surface area (Å²) in [5.41, 5.74) is 7.52. The molecule has 0 saturated carbocycles. The van der Waals surface area contributed by atoms with Crippen LogP contribution in [0.5, 0.6) is 5.75 Å². The van der Waals surface area contributed by atoms with Gasteiger partial charge in [0.15, 0.2) is 0 Å². The maximum Gasteiger partial charge on any atom is 0.145 e. The van der Waals surface area contributed by atoms with Gasteiger partial charge in [0.25, 0.3) is 0 Å². The van der Waals surface area contributed by atoms with E-state index < -0.39 is 0 Å². The fourth-order valence-corrected chi connectivity index (χ4v) is 1.51. The van der Waals surface area contributed by atoms with Crippen molar-refractivity contribution in [3.63, 3.8) is 0 Å². The van der Waals surface area contributed by atoms with Crippen molar-refractivity contribution in [1.82, 2.24) is 0 Å². The quantitative estimate of drug-likeness (QED) is 0.875. The smallest absolute Gasteiger partial charge is 0.145 e. The van der Waals surface area contributed by atoms with Gasteiger partial charge in [-0.25, -0.2) is 0 Å². The van der Waals surface area contributed by atoms with Gasteiger partial charge in [0.2, 0.25) is 0 Å². The molecule has 0 bridgehead atoms. The van der Waals surface area contributed by atoms with Crippen molar-refractivity contribution in [3.8, 4) is 5.75 Å². The lowest BCUT2D eigenvalue weighted by molar-refractivity contribution is 0.0918. The number of nitrogens with zero attached hydrogens (tertiary/aromatic N) is 1. The molecule has 2 N–H and O–H groups in total. The summed E-state index contributed by atoms with van der Waals surface area (Å²) in [6, 6.07) is 7.76. The molecule has 1 aliphatic heterocycles. The molecular formula is C11H15ClN2O2. The van der Waals surface area contributed by atoms with Crippen LogP contribution in [-0.2, 0) is 4.84 Å². The van der Waals surface area contributed by atoms with Crippen molar-refractivity contribution in [2.24, 2.45) is 10.9 Å². The van der Waals surface area contributed by atoms with Crippen LogP contribution in [0, 0.1) is 0 Å². The number of benzene rings is 1. The fourth-order valence-electron chi connectivity index (χ4n) is 1.51. The Bertz CT molecular complexity index is 365. The van der Waals surface area contributed by atoms with Gasteiger partial charge in [-0.2, -0.15) is 0 Å². The molecule has 5 heteroatoms. The first kappa shape index (κ1) is 12.8. The predicted molar refractivity (Wildman–Crippen MR) is 65.3 cm³/mol. The summed E-state index contributed by atoms with van der Waals surface area (Å²) in [7, 11) is 1.65.